The SMILES string of the molecule is Cc1cc(N)ncc1Cl.Cc1cc(NC(c2cc(Cl)cc(Cl)c2)c2ccc3cccnc3c2O)ncc1Cl.O=Cc1cc(Cl)cc(Cl)c1.Oc1cccc2cccnc12. The van der Waals surface area contributed by atoms with Gasteiger partial charge >= 0.3 is 0 Å². The van der Waals surface area contributed by atoms with E-state index in [-0.39, 0.29) is 11.5 Å². The fraction of sp³-hybridized carbons (Fsp3) is 0.0682. The summed E-state index contributed by atoms with van der Waals surface area (Å²) in [7, 11) is 0. The zero-order valence-corrected chi connectivity index (χ0v) is 35.8. The summed E-state index contributed by atoms with van der Waals surface area (Å²) in [4.78, 5) is 26.7. The number of hydrogen-bond acceptors (Lipinski definition) is 9. The van der Waals surface area contributed by atoms with Gasteiger partial charge in [-0.1, -0.05) is 106 Å². The first-order chi connectivity index (χ1) is 28.2. The van der Waals surface area contributed by atoms with E-state index in [4.69, 9.17) is 75.3 Å². The number of carbonyl (C=O) groups excluding carboxylic acids is 1. The maximum absolute atomic E-state index is 11.0. The van der Waals surface area contributed by atoms with Crippen LogP contribution in [-0.4, -0.2) is 36.4 Å². The number of nitrogen functional groups attached to an aromatic ring is 1. The lowest BCUT2D eigenvalue weighted by Gasteiger charge is -2.22. The second-order valence-corrected chi connectivity index (χ2v) is 15.3. The largest absolute Gasteiger partial charge is 0.506 e. The van der Waals surface area contributed by atoms with Crippen molar-refractivity contribution >= 4 is 109 Å². The van der Waals surface area contributed by atoms with Gasteiger partial charge in [0.1, 0.15) is 40.5 Å². The van der Waals surface area contributed by atoms with E-state index in [0.717, 1.165) is 27.5 Å². The number of benzene rings is 4. The van der Waals surface area contributed by atoms with Gasteiger partial charge < -0.3 is 21.3 Å². The summed E-state index contributed by atoms with van der Waals surface area (Å²) in [5.41, 5.74) is 10.3. The third-order valence-electron chi connectivity index (χ3n) is 8.35. The minimum Gasteiger partial charge on any atom is -0.506 e. The van der Waals surface area contributed by atoms with E-state index in [1.54, 1.807) is 79.4 Å². The Bertz CT molecular complexity index is 2690. The maximum Gasteiger partial charge on any atom is 0.150 e. The molecule has 0 radical (unpaired) electrons. The van der Waals surface area contributed by atoms with Crippen LogP contribution in [0, 0.1) is 13.8 Å². The molecule has 0 aliphatic rings. The lowest BCUT2D eigenvalue weighted by atomic mass is 9.96. The number of phenolic OH excluding ortho intramolecular Hbond substituents is 2. The first-order valence-electron chi connectivity index (χ1n) is 17.4. The zero-order chi connectivity index (χ0) is 42.6. The van der Waals surface area contributed by atoms with Crippen molar-refractivity contribution in [1.29, 1.82) is 0 Å². The molecule has 0 aliphatic heterocycles. The van der Waals surface area contributed by atoms with Crippen LogP contribution >= 0.6 is 69.6 Å². The molecule has 4 aromatic carbocycles. The van der Waals surface area contributed by atoms with Gasteiger partial charge in [-0.2, -0.15) is 0 Å². The highest BCUT2D eigenvalue weighted by molar-refractivity contribution is 6.35. The van der Waals surface area contributed by atoms with Gasteiger partial charge in [0.15, 0.2) is 0 Å². The molecule has 0 spiro atoms. The number of pyridine rings is 4. The fourth-order valence-electron chi connectivity index (χ4n) is 5.52. The van der Waals surface area contributed by atoms with Crippen molar-refractivity contribution in [2.24, 2.45) is 0 Å². The molecule has 15 heteroatoms. The number of aryl methyl sites for hydroxylation is 2. The number of nitrogens with zero attached hydrogens (tertiary/aromatic N) is 4. The molecule has 0 saturated carbocycles. The summed E-state index contributed by atoms with van der Waals surface area (Å²) < 4.78 is 0. The minimum absolute atomic E-state index is 0.0855. The molecule has 5 N–H and O–H groups in total. The Kier molecular flexibility index (Phi) is 15.9. The molecular weight excluding hydrogens is 873 g/mol. The summed E-state index contributed by atoms with van der Waals surface area (Å²) in [5.74, 6) is 1.44. The van der Waals surface area contributed by atoms with Crippen LogP contribution in [0.1, 0.15) is 38.7 Å². The number of nitrogens with one attached hydrogen (secondary N) is 1. The smallest absolute Gasteiger partial charge is 0.150 e. The molecule has 4 aromatic heterocycles. The Hall–Kier alpha value is -5.39. The van der Waals surface area contributed by atoms with Crippen molar-refractivity contribution in [1.82, 2.24) is 19.9 Å². The summed E-state index contributed by atoms with van der Waals surface area (Å²) in [6.07, 6.45) is 7.16. The van der Waals surface area contributed by atoms with Crippen LogP contribution in [0.15, 0.2) is 128 Å². The van der Waals surface area contributed by atoms with Crippen molar-refractivity contribution in [3.05, 3.63) is 186 Å². The number of carbonyl (C=O) groups is 1. The predicted octanol–water partition coefficient (Wildman–Crippen LogP) is 13.2. The van der Waals surface area contributed by atoms with E-state index < -0.39 is 6.04 Å². The number of halogens is 6. The van der Waals surface area contributed by atoms with Gasteiger partial charge in [0.25, 0.3) is 0 Å². The second-order valence-electron chi connectivity index (χ2n) is 12.7. The van der Waals surface area contributed by atoms with Crippen molar-refractivity contribution in [3.8, 4) is 11.5 Å². The first kappa shape index (κ1) is 44.7. The molecule has 0 bridgehead atoms. The Balaban J connectivity index is 0.000000179. The molecule has 1 atom stereocenters. The van der Waals surface area contributed by atoms with Crippen LogP contribution in [0.5, 0.6) is 11.5 Å². The van der Waals surface area contributed by atoms with E-state index in [9.17, 15) is 15.0 Å². The first-order valence-corrected chi connectivity index (χ1v) is 19.7. The monoisotopic (exact) mass is 904 g/mol. The molecule has 4 heterocycles. The summed E-state index contributed by atoms with van der Waals surface area (Å²) in [5, 5.41) is 28.7. The van der Waals surface area contributed by atoms with Gasteiger partial charge in [-0.05, 0) is 97.3 Å². The molecule has 8 rings (SSSR count). The number of aromatic nitrogens is 4. The topological polar surface area (TPSA) is 147 Å². The van der Waals surface area contributed by atoms with Crippen molar-refractivity contribution in [2.45, 2.75) is 19.9 Å². The fourth-order valence-corrected chi connectivity index (χ4v) is 6.81. The molecule has 8 aromatic rings. The molecule has 0 saturated heterocycles. The summed E-state index contributed by atoms with van der Waals surface area (Å²) in [6, 6.07) is 29.7. The van der Waals surface area contributed by atoms with E-state index in [2.05, 4.69) is 25.3 Å². The lowest BCUT2D eigenvalue weighted by molar-refractivity contribution is 0.112. The van der Waals surface area contributed by atoms with E-state index in [0.29, 0.717) is 70.2 Å². The molecule has 1 unspecified atom stereocenters. The van der Waals surface area contributed by atoms with Crippen LogP contribution in [0.25, 0.3) is 21.8 Å². The Labute approximate surface area is 370 Å². The normalized spacial score (nSPS) is 10.9. The van der Waals surface area contributed by atoms with Gasteiger partial charge in [0.2, 0.25) is 0 Å². The van der Waals surface area contributed by atoms with Crippen molar-refractivity contribution in [2.75, 3.05) is 11.1 Å². The van der Waals surface area contributed by atoms with Gasteiger partial charge in [-0.3, -0.25) is 14.8 Å². The van der Waals surface area contributed by atoms with Gasteiger partial charge in [0.05, 0.1) is 16.1 Å². The summed E-state index contributed by atoms with van der Waals surface area (Å²) >= 11 is 35.4. The van der Waals surface area contributed by atoms with Crippen LogP contribution in [-0.2, 0) is 0 Å². The zero-order valence-electron chi connectivity index (χ0n) is 31.2. The van der Waals surface area contributed by atoms with E-state index >= 15 is 0 Å². The number of nitrogens with two attached hydrogens (primary N) is 1. The van der Waals surface area contributed by atoms with Crippen LogP contribution < -0.4 is 11.1 Å². The van der Waals surface area contributed by atoms with E-state index in [1.165, 1.54) is 0 Å². The highest BCUT2D eigenvalue weighted by atomic mass is 35.5. The van der Waals surface area contributed by atoms with Crippen LogP contribution in [0.4, 0.5) is 11.6 Å². The Morgan fingerprint density at radius 2 is 1.17 bits per heavy atom. The number of para-hydroxylation sites is 1. The van der Waals surface area contributed by atoms with Crippen LogP contribution in [0.3, 0.4) is 0 Å². The number of aldehydes is 1. The molecular formula is C44H34Cl6N6O3. The van der Waals surface area contributed by atoms with Crippen molar-refractivity contribution in [3.63, 3.8) is 0 Å². The third kappa shape index (κ3) is 12.6. The molecule has 0 aliphatic carbocycles. The van der Waals surface area contributed by atoms with Crippen molar-refractivity contribution < 1.29 is 15.0 Å². The van der Waals surface area contributed by atoms with E-state index in [1.807, 2.05) is 62.4 Å². The highest BCUT2D eigenvalue weighted by Crippen LogP contribution is 2.38. The predicted molar refractivity (Wildman–Crippen MR) is 243 cm³/mol. The maximum atomic E-state index is 11.0. The Morgan fingerprint density at radius 3 is 1.73 bits per heavy atom. The number of phenols is 2. The Morgan fingerprint density at radius 1 is 0.627 bits per heavy atom. The number of fused-ring (bicyclic) bond motifs is 2. The average molecular weight is 908 g/mol. The molecule has 300 valence electrons. The quantitative estimate of drug-likeness (QED) is 0.124. The summed E-state index contributed by atoms with van der Waals surface area (Å²) in [6.45, 7) is 3.79. The molecule has 9 nitrogen and oxygen atoms in total. The van der Waals surface area contributed by atoms with Gasteiger partial charge in [-0.25, -0.2) is 9.97 Å². The number of rotatable bonds is 5. The van der Waals surface area contributed by atoms with Gasteiger partial charge in [-0.15, -0.1) is 0 Å². The van der Waals surface area contributed by atoms with Gasteiger partial charge in [0, 0.05) is 66.8 Å². The second kappa shape index (κ2) is 21.0. The number of aromatic hydroxyl groups is 2. The third-order valence-corrected chi connectivity index (χ3v) is 10.0. The minimum atomic E-state index is -0.467. The highest BCUT2D eigenvalue weighted by Gasteiger charge is 2.21. The number of anilines is 2. The standard InChI is InChI=1S/C22H16Cl3N3O.C9H7NO.C7H4Cl2O.C6H7ClN2/c1-12-7-19(27-11-18(12)25)28-20(14-8-15(23)10-16(24)9-14)17-5-4-13-3-2-6-26-21(13)22(17)29;11-8-5-1-3-7-4-2-6-10-9(7)8;8-6-1-5(4-10)2-7(9)3-6;1-4-2-6(8)9-3-5(4)7/h2-11,20,29H,1H3,(H,27,28);1-6,11H;1-4H;2-3H,1H3,(H2,8,9). The molecule has 0 fully saturated rings. The molecule has 59 heavy (non-hydrogen) atoms. The molecule has 0 amide bonds. The van der Waals surface area contributed by atoms with Crippen LogP contribution in [0.2, 0.25) is 30.1 Å². The average Bonchev–Trinajstić information content (AvgIpc) is 3.20. The lowest BCUT2D eigenvalue weighted by Crippen LogP contribution is -2.14. The number of hydrogen-bond donors (Lipinski definition) is 4.